The summed E-state index contributed by atoms with van der Waals surface area (Å²) in [5.74, 6) is 0.576. The molecule has 26 heavy (non-hydrogen) atoms. The number of hydrogen-bond acceptors (Lipinski definition) is 3. The lowest BCUT2D eigenvalue weighted by Crippen LogP contribution is -2.38. The van der Waals surface area contributed by atoms with E-state index < -0.39 is 12.1 Å². The maximum atomic E-state index is 12.6. The fourth-order valence-corrected chi connectivity index (χ4v) is 3.37. The molecule has 7 heteroatoms. The van der Waals surface area contributed by atoms with Crippen molar-refractivity contribution < 1.29 is 14.3 Å². The van der Waals surface area contributed by atoms with Crippen LogP contribution in [0.2, 0.25) is 5.02 Å². The molecule has 0 aliphatic carbocycles. The van der Waals surface area contributed by atoms with E-state index in [0.717, 1.165) is 11.3 Å². The number of primary amides is 1. The Morgan fingerprint density at radius 3 is 2.69 bits per heavy atom. The summed E-state index contributed by atoms with van der Waals surface area (Å²) < 4.78 is 5.61. The predicted molar refractivity (Wildman–Crippen MR) is 99.0 cm³/mol. The first-order valence-electron chi connectivity index (χ1n) is 8.36. The van der Waals surface area contributed by atoms with E-state index in [1.165, 1.54) is 0 Å². The highest BCUT2D eigenvalue weighted by Crippen LogP contribution is 2.32. The average Bonchev–Trinajstić information content (AvgIpc) is 2.61. The highest BCUT2D eigenvalue weighted by molar-refractivity contribution is 6.31. The highest BCUT2D eigenvalue weighted by Gasteiger charge is 2.25. The van der Waals surface area contributed by atoms with Crippen molar-refractivity contribution in [3.8, 4) is 5.75 Å². The number of ether oxygens (including phenoxy) is 1. The van der Waals surface area contributed by atoms with Gasteiger partial charge in [-0.05, 0) is 17.7 Å². The van der Waals surface area contributed by atoms with Gasteiger partial charge >= 0.3 is 6.03 Å². The van der Waals surface area contributed by atoms with Crippen LogP contribution in [0.15, 0.2) is 48.5 Å². The normalized spacial score (nSPS) is 16.7. The molecular formula is C19H20ClN3O3. The van der Waals surface area contributed by atoms with Crippen LogP contribution in [0.3, 0.4) is 0 Å². The van der Waals surface area contributed by atoms with Crippen LogP contribution in [0.4, 0.5) is 4.79 Å². The Kier molecular flexibility index (Phi) is 5.63. The van der Waals surface area contributed by atoms with Crippen LogP contribution in [0, 0.1) is 0 Å². The molecule has 3 rings (SSSR count). The first-order chi connectivity index (χ1) is 12.5. The van der Waals surface area contributed by atoms with Crippen molar-refractivity contribution >= 4 is 23.5 Å². The van der Waals surface area contributed by atoms with E-state index in [1.54, 1.807) is 24.3 Å². The van der Waals surface area contributed by atoms with Crippen molar-refractivity contribution in [1.29, 1.82) is 0 Å². The summed E-state index contributed by atoms with van der Waals surface area (Å²) >= 11 is 6.20. The molecule has 2 atom stereocenters. The Labute approximate surface area is 156 Å². The zero-order chi connectivity index (χ0) is 18.5. The lowest BCUT2D eigenvalue weighted by atomic mass is 9.99. The summed E-state index contributed by atoms with van der Waals surface area (Å²) in [6, 6.07) is 13.2. The van der Waals surface area contributed by atoms with Gasteiger partial charge in [-0.2, -0.15) is 0 Å². The minimum atomic E-state index is -0.709. The van der Waals surface area contributed by atoms with E-state index in [9.17, 15) is 9.59 Å². The highest BCUT2D eigenvalue weighted by atomic mass is 35.5. The maximum absolute atomic E-state index is 12.6. The monoisotopic (exact) mass is 373 g/mol. The van der Waals surface area contributed by atoms with Gasteiger partial charge in [0.25, 0.3) is 0 Å². The molecule has 1 aliphatic heterocycles. The van der Waals surface area contributed by atoms with Crippen molar-refractivity contribution in [1.82, 2.24) is 10.6 Å². The van der Waals surface area contributed by atoms with Gasteiger partial charge in [-0.1, -0.05) is 48.0 Å². The molecule has 0 saturated heterocycles. The van der Waals surface area contributed by atoms with Crippen molar-refractivity contribution in [2.75, 3.05) is 6.61 Å². The lowest BCUT2D eigenvalue weighted by molar-refractivity contribution is -0.122. The Bertz CT molecular complexity index is 812. The lowest BCUT2D eigenvalue weighted by Gasteiger charge is -2.27. The fraction of sp³-hybridized carbons (Fsp3) is 0.263. The summed E-state index contributed by atoms with van der Waals surface area (Å²) in [6.07, 6.45) is 0.717. The molecule has 0 saturated carbocycles. The molecule has 0 spiro atoms. The average molecular weight is 374 g/mol. The minimum Gasteiger partial charge on any atom is -0.493 e. The molecular weight excluding hydrogens is 354 g/mol. The molecule has 0 unspecified atom stereocenters. The first-order valence-corrected chi connectivity index (χ1v) is 8.74. The number of carbonyl (C=O) groups is 2. The van der Waals surface area contributed by atoms with E-state index in [0.29, 0.717) is 23.6 Å². The number of rotatable bonds is 5. The van der Waals surface area contributed by atoms with Gasteiger partial charge in [0.2, 0.25) is 5.91 Å². The van der Waals surface area contributed by atoms with Crippen LogP contribution in [-0.2, 0) is 4.79 Å². The number of urea groups is 1. The zero-order valence-corrected chi connectivity index (χ0v) is 14.8. The number of carbonyl (C=O) groups excluding carboxylic acids is 2. The molecule has 6 nitrogen and oxygen atoms in total. The molecule has 4 N–H and O–H groups in total. The molecule has 2 aromatic carbocycles. The number of halogens is 1. The Hall–Kier alpha value is -2.73. The zero-order valence-electron chi connectivity index (χ0n) is 14.1. The summed E-state index contributed by atoms with van der Waals surface area (Å²) in [4.78, 5) is 24.0. The van der Waals surface area contributed by atoms with Crippen LogP contribution in [-0.4, -0.2) is 18.5 Å². The number of fused-ring (bicyclic) bond motifs is 1. The van der Waals surface area contributed by atoms with E-state index in [-0.39, 0.29) is 18.4 Å². The molecule has 2 aromatic rings. The maximum Gasteiger partial charge on any atom is 0.312 e. The Balaban J connectivity index is 1.73. The second kappa shape index (κ2) is 8.10. The molecule has 1 heterocycles. The third kappa shape index (κ3) is 4.26. The largest absolute Gasteiger partial charge is 0.493 e. The first kappa shape index (κ1) is 18.1. The van der Waals surface area contributed by atoms with Gasteiger partial charge in [-0.15, -0.1) is 0 Å². The fourth-order valence-electron chi connectivity index (χ4n) is 3.10. The molecule has 0 radical (unpaired) electrons. The molecule has 3 amide bonds. The molecule has 1 aliphatic rings. The number of nitrogens with one attached hydrogen (secondary N) is 2. The van der Waals surface area contributed by atoms with Crippen molar-refractivity contribution in [2.24, 2.45) is 5.73 Å². The van der Waals surface area contributed by atoms with Crippen LogP contribution < -0.4 is 21.1 Å². The van der Waals surface area contributed by atoms with Crippen molar-refractivity contribution in [3.05, 3.63) is 64.7 Å². The van der Waals surface area contributed by atoms with Crippen LogP contribution in [0.5, 0.6) is 5.75 Å². The minimum absolute atomic E-state index is 0.0339. The predicted octanol–water partition coefficient (Wildman–Crippen LogP) is 3.08. The van der Waals surface area contributed by atoms with Crippen LogP contribution in [0.25, 0.3) is 0 Å². The Morgan fingerprint density at radius 1 is 1.19 bits per heavy atom. The number of hydrogen-bond donors (Lipinski definition) is 3. The van der Waals surface area contributed by atoms with Gasteiger partial charge in [-0.25, -0.2) is 4.79 Å². The quantitative estimate of drug-likeness (QED) is 0.751. The van der Waals surface area contributed by atoms with Crippen LogP contribution >= 0.6 is 11.6 Å². The number of amides is 3. The van der Waals surface area contributed by atoms with Gasteiger partial charge < -0.3 is 21.1 Å². The van der Waals surface area contributed by atoms with Crippen LogP contribution in [0.1, 0.15) is 36.1 Å². The van der Waals surface area contributed by atoms with Gasteiger partial charge in [-0.3, -0.25) is 4.79 Å². The van der Waals surface area contributed by atoms with E-state index in [2.05, 4.69) is 10.6 Å². The van der Waals surface area contributed by atoms with Gasteiger partial charge in [0.15, 0.2) is 0 Å². The van der Waals surface area contributed by atoms with Gasteiger partial charge in [0, 0.05) is 17.0 Å². The van der Waals surface area contributed by atoms with Gasteiger partial charge in [0.1, 0.15) is 5.75 Å². The topological polar surface area (TPSA) is 93.5 Å². The number of para-hydroxylation sites is 1. The van der Waals surface area contributed by atoms with E-state index in [4.69, 9.17) is 22.1 Å². The van der Waals surface area contributed by atoms with E-state index >= 15 is 0 Å². The molecule has 0 bridgehead atoms. The molecule has 0 fully saturated rings. The second-order valence-corrected chi connectivity index (χ2v) is 6.49. The molecule has 136 valence electrons. The standard InChI is InChI=1S/C19H20ClN3O3/c20-14-7-3-1-5-12(14)16(23-19(21)25)11-18(24)22-15-9-10-26-17-8-4-2-6-13(15)17/h1-8,15-16H,9-11H2,(H,22,24)(H3,21,23,25)/t15-,16-/m0/s1. The number of nitrogens with two attached hydrogens (primary N) is 1. The van der Waals surface area contributed by atoms with Crippen molar-refractivity contribution in [3.63, 3.8) is 0 Å². The smallest absolute Gasteiger partial charge is 0.312 e. The van der Waals surface area contributed by atoms with Gasteiger partial charge in [0.05, 0.1) is 25.1 Å². The summed E-state index contributed by atoms with van der Waals surface area (Å²) in [5.41, 5.74) is 6.86. The SMILES string of the molecule is NC(=O)N[C@@H](CC(=O)N[C@H]1CCOc2ccccc21)c1ccccc1Cl. The summed E-state index contributed by atoms with van der Waals surface area (Å²) in [6.45, 7) is 0.537. The number of benzene rings is 2. The summed E-state index contributed by atoms with van der Waals surface area (Å²) in [5, 5.41) is 6.08. The third-order valence-electron chi connectivity index (χ3n) is 4.28. The molecule has 0 aromatic heterocycles. The van der Waals surface area contributed by atoms with E-state index in [1.807, 2.05) is 24.3 Å². The third-order valence-corrected chi connectivity index (χ3v) is 4.62. The Morgan fingerprint density at radius 2 is 1.92 bits per heavy atom. The second-order valence-electron chi connectivity index (χ2n) is 6.08. The van der Waals surface area contributed by atoms with Crippen molar-refractivity contribution in [2.45, 2.75) is 24.9 Å². The summed E-state index contributed by atoms with van der Waals surface area (Å²) in [7, 11) is 0.